The van der Waals surface area contributed by atoms with Crippen molar-refractivity contribution in [3.8, 4) is 22.3 Å². The van der Waals surface area contributed by atoms with Gasteiger partial charge in [0.15, 0.2) is 0 Å². The Labute approximate surface area is 194 Å². The molecule has 0 bridgehead atoms. The Bertz CT molecular complexity index is 1350. The summed E-state index contributed by atoms with van der Waals surface area (Å²) in [5.41, 5.74) is 6.44. The molecule has 1 nitrogen and oxygen atoms in total. The molecular formula is C30H23ClO. The molecule has 5 rings (SSSR count). The number of hydrogen-bond donors (Lipinski definition) is 1. The van der Waals surface area contributed by atoms with Crippen LogP contribution in [0.4, 0.5) is 0 Å². The summed E-state index contributed by atoms with van der Waals surface area (Å²) in [5, 5.41) is 13.1. The van der Waals surface area contributed by atoms with Gasteiger partial charge in [0.1, 0.15) is 5.60 Å². The summed E-state index contributed by atoms with van der Waals surface area (Å²) in [4.78, 5) is 0. The van der Waals surface area contributed by atoms with Crippen molar-refractivity contribution >= 4 is 17.7 Å². The monoisotopic (exact) mass is 434 g/mol. The van der Waals surface area contributed by atoms with Crippen LogP contribution in [-0.2, 0) is 5.60 Å². The maximum absolute atomic E-state index is 12.5. The molecule has 0 radical (unpaired) electrons. The number of fused-ring (bicyclic) bond motifs is 3. The van der Waals surface area contributed by atoms with Crippen molar-refractivity contribution in [2.24, 2.45) is 0 Å². The van der Waals surface area contributed by atoms with Gasteiger partial charge in [0, 0.05) is 21.7 Å². The Morgan fingerprint density at radius 1 is 0.688 bits per heavy atom. The van der Waals surface area contributed by atoms with Crippen molar-refractivity contribution in [1.29, 1.82) is 0 Å². The number of allylic oxidation sites excluding steroid dienone is 3. The Balaban J connectivity index is 1.80. The summed E-state index contributed by atoms with van der Waals surface area (Å²) < 4.78 is 0. The molecule has 0 aromatic heterocycles. The first-order valence-corrected chi connectivity index (χ1v) is 11.1. The average Bonchev–Trinajstić information content (AvgIpc) is 3.08. The average molecular weight is 435 g/mol. The molecule has 0 saturated carbocycles. The van der Waals surface area contributed by atoms with E-state index in [2.05, 4.69) is 36.4 Å². The van der Waals surface area contributed by atoms with Crippen molar-refractivity contribution in [2.45, 2.75) is 12.5 Å². The largest absolute Gasteiger partial charge is 0.376 e. The summed E-state index contributed by atoms with van der Waals surface area (Å²) >= 11 is 6.41. The zero-order valence-electron chi connectivity index (χ0n) is 17.8. The van der Waals surface area contributed by atoms with E-state index in [1.165, 1.54) is 0 Å². The van der Waals surface area contributed by atoms with Crippen molar-refractivity contribution in [1.82, 2.24) is 0 Å². The lowest BCUT2D eigenvalue weighted by molar-refractivity contribution is 0.131. The molecular weight excluding hydrogens is 412 g/mol. The quantitative estimate of drug-likeness (QED) is 0.324. The Morgan fingerprint density at radius 3 is 2.22 bits per heavy atom. The number of hydrogen-bond acceptors (Lipinski definition) is 1. The fraction of sp³-hybridized carbons (Fsp3) is 0.0667. The minimum absolute atomic E-state index is 0.613. The molecule has 0 fully saturated rings. The second kappa shape index (κ2) is 8.27. The van der Waals surface area contributed by atoms with Crippen molar-refractivity contribution < 1.29 is 5.11 Å². The lowest BCUT2D eigenvalue weighted by atomic mass is 9.79. The van der Waals surface area contributed by atoms with Crippen LogP contribution in [0, 0.1) is 0 Å². The maximum atomic E-state index is 12.5. The molecule has 1 aliphatic rings. The molecule has 156 valence electrons. The third-order valence-corrected chi connectivity index (χ3v) is 6.32. The van der Waals surface area contributed by atoms with Crippen LogP contribution in [0.25, 0.3) is 28.3 Å². The molecule has 32 heavy (non-hydrogen) atoms. The van der Waals surface area contributed by atoms with Gasteiger partial charge in [-0.1, -0.05) is 109 Å². The van der Waals surface area contributed by atoms with Gasteiger partial charge in [-0.25, -0.2) is 0 Å². The molecule has 0 heterocycles. The topological polar surface area (TPSA) is 20.2 Å². The molecule has 2 heteroatoms. The van der Waals surface area contributed by atoms with Gasteiger partial charge in [0.05, 0.1) is 0 Å². The van der Waals surface area contributed by atoms with Crippen LogP contribution in [0.3, 0.4) is 0 Å². The number of benzene rings is 4. The van der Waals surface area contributed by atoms with E-state index in [0.29, 0.717) is 5.02 Å². The van der Waals surface area contributed by atoms with Crippen molar-refractivity contribution in [3.63, 3.8) is 0 Å². The fourth-order valence-corrected chi connectivity index (χ4v) is 4.81. The van der Waals surface area contributed by atoms with Gasteiger partial charge in [-0.05, 0) is 52.9 Å². The molecule has 0 aliphatic heterocycles. The van der Waals surface area contributed by atoms with Gasteiger partial charge < -0.3 is 5.11 Å². The molecule has 0 amide bonds. The second-order valence-electron chi connectivity index (χ2n) is 8.00. The Morgan fingerprint density at radius 2 is 1.41 bits per heavy atom. The smallest absolute Gasteiger partial charge is 0.142 e. The van der Waals surface area contributed by atoms with Gasteiger partial charge in [-0.15, -0.1) is 0 Å². The summed E-state index contributed by atoms with van der Waals surface area (Å²) in [5.74, 6) is 0. The highest BCUT2D eigenvalue weighted by Gasteiger charge is 2.44. The summed E-state index contributed by atoms with van der Waals surface area (Å²) in [6.45, 7) is 2.00. The highest BCUT2D eigenvalue weighted by atomic mass is 35.5. The highest BCUT2D eigenvalue weighted by Crippen LogP contribution is 2.53. The van der Waals surface area contributed by atoms with E-state index in [1.54, 1.807) is 0 Å². The second-order valence-corrected chi connectivity index (χ2v) is 8.44. The molecule has 1 atom stereocenters. The van der Waals surface area contributed by atoms with Crippen LogP contribution >= 0.6 is 11.6 Å². The van der Waals surface area contributed by atoms with E-state index in [1.807, 2.05) is 85.8 Å². The zero-order chi connectivity index (χ0) is 22.1. The standard InChI is InChI=1S/C30H23ClO/c1-2-3-5-10-21-15-18-28(26(19-21)22-11-6-4-7-12-22)30(32)27-14-9-8-13-24(27)25-17-16-23(31)20-29(25)30/h2-20,32H,1H3/b3-2-,10-5-. The SMILES string of the molecule is C/C=C\C=C/c1ccc(C2(O)c3ccccc3-c3ccc(Cl)cc32)c(-c2ccccc2)c1. The molecule has 1 aliphatic carbocycles. The Hall–Kier alpha value is -3.39. The lowest BCUT2D eigenvalue weighted by Gasteiger charge is -2.29. The molecule has 4 aromatic carbocycles. The fourth-order valence-electron chi connectivity index (χ4n) is 4.63. The van der Waals surface area contributed by atoms with E-state index in [-0.39, 0.29) is 0 Å². The van der Waals surface area contributed by atoms with Gasteiger partial charge in [0.2, 0.25) is 0 Å². The first-order valence-electron chi connectivity index (χ1n) is 10.7. The number of halogens is 1. The summed E-state index contributed by atoms with van der Waals surface area (Å²) in [7, 11) is 0. The van der Waals surface area contributed by atoms with Crippen LogP contribution in [0.5, 0.6) is 0 Å². The van der Waals surface area contributed by atoms with Crippen molar-refractivity contribution in [3.05, 3.63) is 137 Å². The lowest BCUT2D eigenvalue weighted by Crippen LogP contribution is -2.27. The summed E-state index contributed by atoms with van der Waals surface area (Å²) in [6, 6.07) is 30.3. The normalized spacial score (nSPS) is 17.1. The maximum Gasteiger partial charge on any atom is 0.142 e. The minimum Gasteiger partial charge on any atom is -0.376 e. The highest BCUT2D eigenvalue weighted by molar-refractivity contribution is 6.30. The Kier molecular flexibility index (Phi) is 5.30. The third kappa shape index (κ3) is 3.31. The van der Waals surface area contributed by atoms with Crippen LogP contribution in [0.1, 0.15) is 29.2 Å². The van der Waals surface area contributed by atoms with Gasteiger partial charge in [0.25, 0.3) is 0 Å². The van der Waals surface area contributed by atoms with Crippen LogP contribution in [-0.4, -0.2) is 5.11 Å². The predicted octanol–water partition coefficient (Wildman–Crippen LogP) is 7.86. The van der Waals surface area contributed by atoms with Crippen molar-refractivity contribution in [2.75, 3.05) is 0 Å². The van der Waals surface area contributed by atoms with Gasteiger partial charge >= 0.3 is 0 Å². The van der Waals surface area contributed by atoms with Gasteiger partial charge in [-0.2, -0.15) is 0 Å². The van der Waals surface area contributed by atoms with E-state index >= 15 is 0 Å². The molecule has 0 spiro atoms. The van der Waals surface area contributed by atoms with Gasteiger partial charge in [-0.3, -0.25) is 0 Å². The first-order chi connectivity index (χ1) is 15.6. The van der Waals surface area contributed by atoms with E-state index in [9.17, 15) is 5.11 Å². The predicted molar refractivity (Wildman–Crippen MR) is 135 cm³/mol. The summed E-state index contributed by atoms with van der Waals surface area (Å²) in [6.07, 6.45) is 8.11. The van der Waals surface area contributed by atoms with Crippen LogP contribution < -0.4 is 0 Å². The number of rotatable bonds is 4. The van der Waals surface area contributed by atoms with E-state index in [0.717, 1.165) is 44.5 Å². The molecule has 0 saturated heterocycles. The number of aliphatic hydroxyl groups is 1. The third-order valence-electron chi connectivity index (χ3n) is 6.09. The zero-order valence-corrected chi connectivity index (χ0v) is 18.6. The molecule has 1 N–H and O–H groups in total. The minimum atomic E-state index is -1.30. The molecule has 1 unspecified atom stereocenters. The van der Waals surface area contributed by atoms with E-state index in [4.69, 9.17) is 11.6 Å². The van der Waals surface area contributed by atoms with Crippen LogP contribution in [0.15, 0.2) is 109 Å². The molecule has 4 aromatic rings. The first kappa shape index (κ1) is 20.5. The van der Waals surface area contributed by atoms with Crippen LogP contribution in [0.2, 0.25) is 5.02 Å². The van der Waals surface area contributed by atoms with E-state index < -0.39 is 5.60 Å².